The normalized spacial score (nSPS) is 15.4. The lowest BCUT2D eigenvalue weighted by Crippen LogP contribution is -2.27. The molecule has 0 atom stereocenters. The second kappa shape index (κ2) is 8.21. The second-order valence-corrected chi connectivity index (χ2v) is 7.53. The molecule has 1 aliphatic rings. The molecular weight excluding hydrogens is 406 g/mol. The number of rotatable bonds is 5. The van der Waals surface area contributed by atoms with Gasteiger partial charge in [0, 0.05) is 10.6 Å². The molecule has 2 aromatic carbocycles. The lowest BCUT2D eigenvalue weighted by atomic mass is 10.1. The average Bonchev–Trinajstić information content (AvgIpc) is 2.94. The summed E-state index contributed by atoms with van der Waals surface area (Å²) in [5.74, 6) is 1.26. The molecule has 8 heteroatoms. The summed E-state index contributed by atoms with van der Waals surface area (Å²) in [5.41, 5.74) is 1.31. The topological polar surface area (TPSA) is 48.0 Å². The standard InChI is InChI=1S/C19H16ClNO4S2/c1-23-14-8-7-11(16(24-2)17(14)25-3)9-15-18(22)21(19(26)27-15)13-6-4-5-12(20)10-13/h4-10H,1-3H3/b15-9+. The molecule has 2 aromatic rings. The number of thiocarbonyl (C=S) groups is 1. The summed E-state index contributed by atoms with van der Waals surface area (Å²) in [5, 5.41) is 0.534. The molecule has 0 bridgehead atoms. The summed E-state index contributed by atoms with van der Waals surface area (Å²) < 4.78 is 16.6. The van der Waals surface area contributed by atoms with Gasteiger partial charge in [-0.05, 0) is 36.4 Å². The summed E-state index contributed by atoms with van der Waals surface area (Å²) in [6.45, 7) is 0. The first-order chi connectivity index (χ1) is 13.0. The zero-order chi connectivity index (χ0) is 19.6. The number of benzene rings is 2. The van der Waals surface area contributed by atoms with Gasteiger partial charge >= 0.3 is 0 Å². The first-order valence-corrected chi connectivity index (χ1v) is 9.43. The fourth-order valence-electron chi connectivity index (χ4n) is 2.68. The molecule has 0 radical (unpaired) electrons. The van der Waals surface area contributed by atoms with Crippen molar-refractivity contribution in [2.75, 3.05) is 26.2 Å². The van der Waals surface area contributed by atoms with E-state index in [-0.39, 0.29) is 5.91 Å². The Labute approximate surface area is 171 Å². The van der Waals surface area contributed by atoms with E-state index in [1.54, 1.807) is 49.6 Å². The molecule has 0 unspecified atom stereocenters. The first kappa shape index (κ1) is 19.5. The van der Waals surface area contributed by atoms with Crippen molar-refractivity contribution in [3.63, 3.8) is 0 Å². The molecule has 27 heavy (non-hydrogen) atoms. The van der Waals surface area contributed by atoms with Crippen LogP contribution < -0.4 is 19.1 Å². The maximum absolute atomic E-state index is 12.9. The Morgan fingerprint density at radius 3 is 2.44 bits per heavy atom. The Hall–Kier alpha value is -2.22. The number of ether oxygens (including phenoxy) is 3. The first-order valence-electron chi connectivity index (χ1n) is 7.82. The maximum atomic E-state index is 12.9. The van der Waals surface area contributed by atoms with Crippen LogP contribution >= 0.6 is 35.6 Å². The van der Waals surface area contributed by atoms with Crippen molar-refractivity contribution >= 4 is 57.6 Å². The van der Waals surface area contributed by atoms with Gasteiger partial charge in [-0.15, -0.1) is 0 Å². The van der Waals surface area contributed by atoms with Crippen LogP contribution in [0.4, 0.5) is 5.69 Å². The lowest BCUT2D eigenvalue weighted by Gasteiger charge is -2.15. The highest BCUT2D eigenvalue weighted by Gasteiger charge is 2.33. The van der Waals surface area contributed by atoms with Crippen LogP contribution in [0.3, 0.4) is 0 Å². The van der Waals surface area contributed by atoms with Crippen LogP contribution in [-0.2, 0) is 4.79 Å². The molecule has 0 aromatic heterocycles. The lowest BCUT2D eigenvalue weighted by molar-refractivity contribution is -0.113. The molecule has 1 aliphatic heterocycles. The molecule has 140 valence electrons. The zero-order valence-corrected chi connectivity index (χ0v) is 17.2. The number of anilines is 1. The largest absolute Gasteiger partial charge is 0.493 e. The Balaban J connectivity index is 2.01. The van der Waals surface area contributed by atoms with E-state index in [2.05, 4.69) is 0 Å². The van der Waals surface area contributed by atoms with Gasteiger partial charge in [0.1, 0.15) is 0 Å². The minimum atomic E-state index is -0.218. The molecule has 0 aliphatic carbocycles. The Morgan fingerprint density at radius 1 is 1.07 bits per heavy atom. The molecule has 1 heterocycles. The van der Waals surface area contributed by atoms with E-state index < -0.39 is 0 Å². The van der Waals surface area contributed by atoms with Crippen LogP contribution in [0.5, 0.6) is 17.2 Å². The third-order valence-electron chi connectivity index (χ3n) is 3.88. The second-order valence-electron chi connectivity index (χ2n) is 5.42. The van der Waals surface area contributed by atoms with Gasteiger partial charge in [-0.25, -0.2) is 0 Å². The van der Waals surface area contributed by atoms with E-state index in [0.717, 1.165) is 0 Å². The van der Waals surface area contributed by atoms with Gasteiger partial charge in [0.2, 0.25) is 5.75 Å². The van der Waals surface area contributed by atoms with Crippen LogP contribution in [0, 0.1) is 0 Å². The fraction of sp³-hybridized carbons (Fsp3) is 0.158. The molecule has 1 fully saturated rings. The molecule has 0 N–H and O–H groups in total. The highest BCUT2D eigenvalue weighted by Crippen LogP contribution is 2.43. The van der Waals surface area contributed by atoms with Crippen LogP contribution in [0.2, 0.25) is 5.02 Å². The number of methoxy groups -OCH3 is 3. The zero-order valence-electron chi connectivity index (χ0n) is 14.8. The highest BCUT2D eigenvalue weighted by molar-refractivity contribution is 8.27. The number of hydrogen-bond donors (Lipinski definition) is 0. The molecule has 1 saturated heterocycles. The van der Waals surface area contributed by atoms with E-state index in [1.165, 1.54) is 30.9 Å². The van der Waals surface area contributed by atoms with Crippen LogP contribution in [0.25, 0.3) is 6.08 Å². The monoisotopic (exact) mass is 421 g/mol. The predicted molar refractivity (Wildman–Crippen MR) is 113 cm³/mol. The van der Waals surface area contributed by atoms with E-state index in [0.29, 0.717) is 42.7 Å². The van der Waals surface area contributed by atoms with Gasteiger partial charge in [0.05, 0.1) is 31.9 Å². The van der Waals surface area contributed by atoms with E-state index in [9.17, 15) is 4.79 Å². The number of carbonyl (C=O) groups is 1. The third-order valence-corrected chi connectivity index (χ3v) is 5.42. The van der Waals surface area contributed by atoms with Gasteiger partial charge in [0.15, 0.2) is 15.8 Å². The van der Waals surface area contributed by atoms with Crippen LogP contribution in [0.1, 0.15) is 5.56 Å². The van der Waals surface area contributed by atoms with Crippen molar-refractivity contribution < 1.29 is 19.0 Å². The van der Waals surface area contributed by atoms with E-state index in [4.69, 9.17) is 38.0 Å². The SMILES string of the molecule is COc1ccc(/C=C2/SC(=S)N(c3cccc(Cl)c3)C2=O)c(OC)c1OC. The number of halogens is 1. The van der Waals surface area contributed by atoms with Gasteiger partial charge in [-0.1, -0.05) is 41.6 Å². The van der Waals surface area contributed by atoms with Crippen molar-refractivity contribution in [1.82, 2.24) is 0 Å². The van der Waals surface area contributed by atoms with Crippen molar-refractivity contribution in [3.8, 4) is 17.2 Å². The van der Waals surface area contributed by atoms with Crippen molar-refractivity contribution in [2.45, 2.75) is 0 Å². The number of hydrogen-bond acceptors (Lipinski definition) is 6. The minimum absolute atomic E-state index is 0.218. The number of nitrogens with zero attached hydrogens (tertiary/aromatic N) is 1. The molecule has 1 amide bonds. The van der Waals surface area contributed by atoms with Crippen molar-refractivity contribution in [3.05, 3.63) is 51.9 Å². The Morgan fingerprint density at radius 2 is 1.81 bits per heavy atom. The van der Waals surface area contributed by atoms with E-state index >= 15 is 0 Å². The maximum Gasteiger partial charge on any atom is 0.270 e. The summed E-state index contributed by atoms with van der Waals surface area (Å²) in [7, 11) is 4.61. The average molecular weight is 422 g/mol. The predicted octanol–water partition coefficient (Wildman–Crippen LogP) is 4.77. The molecule has 3 rings (SSSR count). The number of amides is 1. The van der Waals surface area contributed by atoms with Crippen LogP contribution in [-0.4, -0.2) is 31.6 Å². The van der Waals surface area contributed by atoms with Gasteiger partial charge < -0.3 is 14.2 Å². The summed E-state index contributed by atoms with van der Waals surface area (Å²) >= 11 is 12.7. The minimum Gasteiger partial charge on any atom is -0.493 e. The Kier molecular flexibility index (Phi) is 5.94. The van der Waals surface area contributed by atoms with E-state index in [1.807, 2.05) is 0 Å². The van der Waals surface area contributed by atoms with Crippen molar-refractivity contribution in [1.29, 1.82) is 0 Å². The number of carbonyl (C=O) groups excluding carboxylic acids is 1. The van der Waals surface area contributed by atoms with Gasteiger partial charge in [-0.2, -0.15) is 0 Å². The summed E-state index contributed by atoms with van der Waals surface area (Å²) in [6, 6.07) is 10.6. The molecule has 5 nitrogen and oxygen atoms in total. The Bertz CT molecular complexity index is 945. The molecular formula is C19H16ClNO4S2. The smallest absolute Gasteiger partial charge is 0.270 e. The number of thioether (sulfide) groups is 1. The van der Waals surface area contributed by atoms with Crippen LogP contribution in [0.15, 0.2) is 41.3 Å². The fourth-order valence-corrected chi connectivity index (χ4v) is 4.16. The van der Waals surface area contributed by atoms with Gasteiger partial charge in [0.25, 0.3) is 5.91 Å². The third kappa shape index (κ3) is 3.76. The highest BCUT2D eigenvalue weighted by atomic mass is 35.5. The summed E-state index contributed by atoms with van der Waals surface area (Å²) in [6.07, 6.45) is 1.73. The van der Waals surface area contributed by atoms with Crippen molar-refractivity contribution in [2.24, 2.45) is 0 Å². The molecule has 0 saturated carbocycles. The molecule has 0 spiro atoms. The summed E-state index contributed by atoms with van der Waals surface area (Å²) in [4.78, 5) is 14.9. The van der Waals surface area contributed by atoms with Gasteiger partial charge in [-0.3, -0.25) is 9.69 Å². The quantitative estimate of drug-likeness (QED) is 0.512.